The molecule has 0 aromatic heterocycles. The molecule has 1 atom stereocenters. The average molecular weight is 344 g/mol. The van der Waals surface area contributed by atoms with Crippen LogP contribution in [0.1, 0.15) is 50.6 Å². The molecule has 0 radical (unpaired) electrons. The average Bonchev–Trinajstić information content (AvgIpc) is 2.61. The zero-order chi connectivity index (χ0) is 17.8. The Hall–Kier alpha value is -2.50. The van der Waals surface area contributed by atoms with Crippen LogP contribution in [0.25, 0.3) is 0 Å². The van der Waals surface area contributed by atoms with Gasteiger partial charge in [0.15, 0.2) is 0 Å². The summed E-state index contributed by atoms with van der Waals surface area (Å²) in [6, 6.07) is 6.45. The van der Waals surface area contributed by atoms with Crippen LogP contribution in [0.2, 0.25) is 0 Å². The van der Waals surface area contributed by atoms with Gasteiger partial charge in [0, 0.05) is 5.70 Å². The summed E-state index contributed by atoms with van der Waals surface area (Å²) in [5, 5.41) is 5.49. The Morgan fingerprint density at radius 3 is 2.68 bits per heavy atom. The quantitative estimate of drug-likeness (QED) is 0.823. The normalized spacial score (nSPS) is 21.4. The number of hydrogen-bond donors (Lipinski definition) is 2. The molecule has 1 aliphatic carbocycles. The lowest BCUT2D eigenvalue weighted by molar-refractivity contribution is -0.146. The van der Waals surface area contributed by atoms with E-state index >= 15 is 0 Å². The van der Waals surface area contributed by atoms with Crippen molar-refractivity contribution in [3.63, 3.8) is 0 Å². The molecule has 2 N–H and O–H groups in total. The third-order valence-electron chi connectivity index (χ3n) is 4.74. The Morgan fingerprint density at radius 2 is 1.96 bits per heavy atom. The number of carbonyl (C=O) groups is 2. The Kier molecular flexibility index (Phi) is 5.26. The van der Waals surface area contributed by atoms with Crippen molar-refractivity contribution >= 4 is 12.0 Å². The summed E-state index contributed by atoms with van der Waals surface area (Å²) in [6.45, 7) is 1.73. The third kappa shape index (κ3) is 3.95. The van der Waals surface area contributed by atoms with Crippen molar-refractivity contribution in [3.05, 3.63) is 41.1 Å². The van der Waals surface area contributed by atoms with E-state index in [0.29, 0.717) is 17.0 Å². The monoisotopic (exact) mass is 344 g/mol. The van der Waals surface area contributed by atoms with Crippen molar-refractivity contribution in [1.82, 2.24) is 10.6 Å². The van der Waals surface area contributed by atoms with Crippen LogP contribution in [0.4, 0.5) is 4.79 Å². The first kappa shape index (κ1) is 17.3. The second kappa shape index (κ2) is 7.59. The summed E-state index contributed by atoms with van der Waals surface area (Å²) in [7, 11) is 1.58. The van der Waals surface area contributed by atoms with E-state index in [2.05, 4.69) is 10.6 Å². The number of carbonyl (C=O) groups excluding carboxylic acids is 2. The van der Waals surface area contributed by atoms with E-state index in [1.54, 1.807) is 14.0 Å². The summed E-state index contributed by atoms with van der Waals surface area (Å²) in [5.41, 5.74) is 1.75. The van der Waals surface area contributed by atoms with Crippen LogP contribution in [0.15, 0.2) is 35.5 Å². The molecule has 0 spiro atoms. The van der Waals surface area contributed by atoms with Crippen LogP contribution in [0.5, 0.6) is 5.75 Å². The zero-order valence-corrected chi connectivity index (χ0v) is 14.6. The highest BCUT2D eigenvalue weighted by Crippen LogP contribution is 2.31. The van der Waals surface area contributed by atoms with Gasteiger partial charge in [-0.3, -0.25) is 0 Å². The number of ether oxygens (including phenoxy) is 2. The zero-order valence-electron chi connectivity index (χ0n) is 14.6. The first-order chi connectivity index (χ1) is 12.1. The summed E-state index contributed by atoms with van der Waals surface area (Å²) in [4.78, 5) is 24.7. The Labute approximate surface area is 147 Å². The predicted molar refractivity (Wildman–Crippen MR) is 93.1 cm³/mol. The molecule has 134 valence electrons. The van der Waals surface area contributed by atoms with E-state index in [0.717, 1.165) is 31.2 Å². The number of esters is 1. The minimum absolute atomic E-state index is 0.0369. The minimum atomic E-state index is -0.556. The number of rotatable bonds is 4. The van der Waals surface area contributed by atoms with E-state index in [1.807, 2.05) is 24.3 Å². The van der Waals surface area contributed by atoms with Crippen molar-refractivity contribution in [2.45, 2.75) is 51.2 Å². The first-order valence-electron chi connectivity index (χ1n) is 8.71. The molecule has 1 aromatic carbocycles. The van der Waals surface area contributed by atoms with Crippen LogP contribution >= 0.6 is 0 Å². The second-order valence-electron chi connectivity index (χ2n) is 6.51. The lowest BCUT2D eigenvalue weighted by atomic mass is 9.94. The van der Waals surface area contributed by atoms with E-state index in [-0.39, 0.29) is 18.1 Å². The molecule has 6 heteroatoms. The molecule has 2 amide bonds. The minimum Gasteiger partial charge on any atom is -0.497 e. The van der Waals surface area contributed by atoms with Gasteiger partial charge in [0.25, 0.3) is 0 Å². The largest absolute Gasteiger partial charge is 0.497 e. The molecule has 0 bridgehead atoms. The molecule has 1 heterocycles. The summed E-state index contributed by atoms with van der Waals surface area (Å²) in [6.07, 6.45) is 5.14. The van der Waals surface area contributed by atoms with Crippen molar-refractivity contribution < 1.29 is 19.1 Å². The third-order valence-corrected chi connectivity index (χ3v) is 4.74. The number of allylic oxidation sites excluding steroid dienone is 1. The number of benzene rings is 1. The predicted octanol–water partition coefficient (Wildman–Crippen LogP) is 3.20. The van der Waals surface area contributed by atoms with E-state index < -0.39 is 6.04 Å². The van der Waals surface area contributed by atoms with Gasteiger partial charge in [-0.25, -0.2) is 9.59 Å². The lowest BCUT2D eigenvalue weighted by Crippen LogP contribution is -2.45. The molecule has 1 fully saturated rings. The van der Waals surface area contributed by atoms with Gasteiger partial charge in [-0.2, -0.15) is 0 Å². The molecular weight excluding hydrogens is 320 g/mol. The van der Waals surface area contributed by atoms with Gasteiger partial charge in [0.2, 0.25) is 0 Å². The fourth-order valence-corrected chi connectivity index (χ4v) is 3.43. The second-order valence-corrected chi connectivity index (χ2v) is 6.51. The van der Waals surface area contributed by atoms with Crippen molar-refractivity contribution in [2.24, 2.45) is 0 Å². The summed E-state index contributed by atoms with van der Waals surface area (Å²) >= 11 is 0. The number of methoxy groups -OCH3 is 1. The lowest BCUT2D eigenvalue weighted by Gasteiger charge is -2.30. The van der Waals surface area contributed by atoms with Gasteiger partial charge in [-0.1, -0.05) is 18.6 Å². The highest BCUT2D eigenvalue weighted by Gasteiger charge is 2.33. The van der Waals surface area contributed by atoms with Crippen molar-refractivity contribution in [1.29, 1.82) is 0 Å². The SMILES string of the molecule is COc1cccc([C@H]2NC(=O)NC(C)=C2C(=O)OC2CCCCC2)c1. The Morgan fingerprint density at radius 1 is 1.20 bits per heavy atom. The maximum atomic E-state index is 12.8. The van der Waals surface area contributed by atoms with Gasteiger partial charge < -0.3 is 20.1 Å². The van der Waals surface area contributed by atoms with E-state index in [1.165, 1.54) is 6.42 Å². The van der Waals surface area contributed by atoms with Gasteiger partial charge >= 0.3 is 12.0 Å². The molecular formula is C19H24N2O4. The molecule has 1 saturated carbocycles. The van der Waals surface area contributed by atoms with Crippen molar-refractivity contribution in [3.8, 4) is 5.75 Å². The molecule has 2 aliphatic rings. The number of urea groups is 1. The van der Waals surface area contributed by atoms with E-state index in [9.17, 15) is 9.59 Å². The van der Waals surface area contributed by atoms with Crippen LogP contribution in [-0.2, 0) is 9.53 Å². The van der Waals surface area contributed by atoms with Crippen LogP contribution in [-0.4, -0.2) is 25.2 Å². The number of nitrogens with one attached hydrogen (secondary N) is 2. The van der Waals surface area contributed by atoms with Gasteiger partial charge in [0.1, 0.15) is 11.9 Å². The van der Waals surface area contributed by atoms with Gasteiger partial charge in [-0.15, -0.1) is 0 Å². The smallest absolute Gasteiger partial charge is 0.338 e. The van der Waals surface area contributed by atoms with Gasteiger partial charge in [-0.05, 0) is 50.3 Å². The highest BCUT2D eigenvalue weighted by molar-refractivity contribution is 5.95. The molecule has 1 aromatic rings. The highest BCUT2D eigenvalue weighted by atomic mass is 16.5. The fraction of sp³-hybridized carbons (Fsp3) is 0.474. The first-order valence-corrected chi connectivity index (χ1v) is 8.71. The van der Waals surface area contributed by atoms with Gasteiger partial charge in [0.05, 0.1) is 18.7 Å². The number of hydrogen-bond acceptors (Lipinski definition) is 4. The molecule has 25 heavy (non-hydrogen) atoms. The molecule has 3 rings (SSSR count). The molecule has 6 nitrogen and oxygen atoms in total. The molecule has 0 unspecified atom stereocenters. The van der Waals surface area contributed by atoms with E-state index in [4.69, 9.17) is 9.47 Å². The Balaban J connectivity index is 1.87. The van der Waals surface area contributed by atoms with Crippen LogP contribution in [0, 0.1) is 0 Å². The Bertz CT molecular complexity index is 692. The standard InChI is InChI=1S/C19H24N2O4/c1-12-16(18(22)25-14-8-4-3-5-9-14)17(21-19(23)20-12)13-7-6-10-15(11-13)24-2/h6-7,10-11,14,17H,3-5,8-9H2,1-2H3,(H2,20,21,23)/t17-/m1/s1. The summed E-state index contributed by atoms with van der Waals surface area (Å²) in [5.74, 6) is 0.299. The topological polar surface area (TPSA) is 76.7 Å². The van der Waals surface area contributed by atoms with Crippen LogP contribution < -0.4 is 15.4 Å². The molecule has 1 aliphatic heterocycles. The number of amides is 2. The van der Waals surface area contributed by atoms with Crippen molar-refractivity contribution in [2.75, 3.05) is 7.11 Å². The van der Waals surface area contributed by atoms with Crippen LogP contribution in [0.3, 0.4) is 0 Å². The molecule has 0 saturated heterocycles. The maximum absolute atomic E-state index is 12.8. The fourth-order valence-electron chi connectivity index (χ4n) is 3.43. The maximum Gasteiger partial charge on any atom is 0.338 e. The summed E-state index contributed by atoms with van der Waals surface area (Å²) < 4.78 is 11.0.